The number of hydrogen-bond acceptors (Lipinski definition) is 9. The lowest BCUT2D eigenvalue weighted by Gasteiger charge is -2.37. The van der Waals surface area contributed by atoms with Crippen molar-refractivity contribution in [1.29, 1.82) is 0 Å². The number of nitrogens with zero attached hydrogens (tertiary/aromatic N) is 2. The van der Waals surface area contributed by atoms with Crippen molar-refractivity contribution in [2.24, 2.45) is 17.8 Å². The fourth-order valence-corrected chi connectivity index (χ4v) is 7.10. The molecule has 0 saturated carbocycles. The molecule has 1 fully saturated rings. The summed E-state index contributed by atoms with van der Waals surface area (Å²) in [4.78, 5) is 58.9. The number of benzene rings is 1. The molecule has 3 amide bonds. The van der Waals surface area contributed by atoms with E-state index in [0.717, 1.165) is 37.8 Å². The summed E-state index contributed by atoms with van der Waals surface area (Å²) >= 11 is 1.19. The topological polar surface area (TPSA) is 150 Å². The number of carbonyl (C=O) groups excluding carboxylic acids is 4. The number of esters is 1. The summed E-state index contributed by atoms with van der Waals surface area (Å²) < 4.78 is 5.19. The smallest absolute Gasteiger partial charge is 0.308 e. The lowest BCUT2D eigenvalue weighted by Crippen LogP contribution is -2.57. The van der Waals surface area contributed by atoms with Gasteiger partial charge in [0.1, 0.15) is 22.8 Å². The first-order valence-corrected chi connectivity index (χ1v) is 18.7. The van der Waals surface area contributed by atoms with Crippen molar-refractivity contribution in [2.45, 2.75) is 117 Å². The van der Waals surface area contributed by atoms with Crippen LogP contribution >= 0.6 is 11.3 Å². The Balaban J connectivity index is 1.70. The molecule has 49 heavy (non-hydrogen) atoms. The highest BCUT2D eigenvalue weighted by Crippen LogP contribution is 2.28. The molecule has 0 radical (unpaired) electrons. The molecule has 0 spiro atoms. The van der Waals surface area contributed by atoms with E-state index >= 15 is 0 Å². The number of likely N-dealkylation sites (N-methyl/N-ethyl adjacent to an activating group) is 1. The highest BCUT2D eigenvalue weighted by molar-refractivity contribution is 7.09. The third-order valence-corrected chi connectivity index (χ3v) is 10.5. The average molecular weight is 700 g/mol. The number of aliphatic hydroxyl groups excluding tert-OH is 1. The molecule has 0 bridgehead atoms. The Hall–Kier alpha value is -3.35. The fourth-order valence-electron chi connectivity index (χ4n) is 6.31. The second kappa shape index (κ2) is 19.7. The maximum Gasteiger partial charge on any atom is 0.308 e. The van der Waals surface area contributed by atoms with Gasteiger partial charge in [-0.3, -0.25) is 19.2 Å². The first-order chi connectivity index (χ1) is 23.4. The largest absolute Gasteiger partial charge is 0.466 e. The molecule has 272 valence electrons. The minimum atomic E-state index is -1.01. The molecule has 2 heterocycles. The van der Waals surface area contributed by atoms with Crippen LogP contribution < -0.4 is 16.0 Å². The summed E-state index contributed by atoms with van der Waals surface area (Å²) in [5, 5.41) is 22.7. The first kappa shape index (κ1) is 40.1. The van der Waals surface area contributed by atoms with E-state index in [4.69, 9.17) is 4.74 Å². The average Bonchev–Trinajstić information content (AvgIpc) is 3.60. The van der Waals surface area contributed by atoms with Gasteiger partial charge in [-0.2, -0.15) is 0 Å². The number of amides is 3. The minimum Gasteiger partial charge on any atom is -0.466 e. The Morgan fingerprint density at radius 3 is 2.39 bits per heavy atom. The van der Waals surface area contributed by atoms with E-state index in [1.54, 1.807) is 31.2 Å². The predicted octanol–water partition coefficient (Wildman–Crippen LogP) is 4.65. The standard InChI is InChI=1S/C37H57N5O6S/c1-8-24(5)32(41-33(44)28-17-13-14-18-38-28)36(46)42(7)30(23(3)4)21-31(43)35-40-29(22-49-35)34(45)39-27(19-25(6)37(47)48-9-2)20-26-15-11-10-12-16-26/h10-12,15-16,22-25,27-28,30-32,38,43H,8-9,13-14,17-21H2,1-7H3,(H,39,45)(H,41,44)/t24-,25-,27+,28+,30+,31+,32-/m0/s1. The van der Waals surface area contributed by atoms with Gasteiger partial charge in [-0.15, -0.1) is 11.3 Å². The molecule has 3 rings (SSSR count). The van der Waals surface area contributed by atoms with E-state index in [1.165, 1.54) is 11.3 Å². The van der Waals surface area contributed by atoms with E-state index in [1.807, 2.05) is 58.0 Å². The second-order valence-electron chi connectivity index (χ2n) is 13.7. The minimum absolute atomic E-state index is 0.000223. The normalized spacial score (nSPS) is 18.4. The second-order valence-corrected chi connectivity index (χ2v) is 14.6. The van der Waals surface area contributed by atoms with E-state index in [-0.39, 0.29) is 72.4 Å². The van der Waals surface area contributed by atoms with Gasteiger partial charge in [-0.05, 0) is 56.6 Å². The molecule has 1 aliphatic rings. The third kappa shape index (κ3) is 11.9. The van der Waals surface area contributed by atoms with Gasteiger partial charge in [0.25, 0.3) is 5.91 Å². The summed E-state index contributed by atoms with van der Waals surface area (Å²) in [5.41, 5.74) is 1.21. The molecule has 0 unspecified atom stereocenters. The molecule has 12 heteroatoms. The van der Waals surface area contributed by atoms with Crippen molar-refractivity contribution < 1.29 is 29.0 Å². The Labute approximate surface area is 296 Å². The lowest BCUT2D eigenvalue weighted by atomic mass is 9.92. The number of aliphatic hydroxyl groups is 1. The van der Waals surface area contributed by atoms with E-state index in [0.29, 0.717) is 17.8 Å². The highest BCUT2D eigenvalue weighted by atomic mass is 32.1. The van der Waals surface area contributed by atoms with Gasteiger partial charge < -0.3 is 30.7 Å². The molecule has 1 aliphatic heterocycles. The van der Waals surface area contributed by atoms with Crippen LogP contribution in [-0.4, -0.2) is 83.0 Å². The van der Waals surface area contributed by atoms with Gasteiger partial charge in [0.2, 0.25) is 11.8 Å². The predicted molar refractivity (Wildman–Crippen MR) is 192 cm³/mol. The number of ether oxygens (including phenoxy) is 1. The van der Waals surface area contributed by atoms with E-state index < -0.39 is 18.1 Å². The lowest BCUT2D eigenvalue weighted by molar-refractivity contribution is -0.147. The van der Waals surface area contributed by atoms with Crippen LogP contribution in [-0.2, 0) is 25.5 Å². The molecular weight excluding hydrogens is 643 g/mol. The van der Waals surface area contributed by atoms with Gasteiger partial charge in [0.05, 0.1) is 18.6 Å². The van der Waals surface area contributed by atoms with Crippen LogP contribution in [0, 0.1) is 17.8 Å². The summed E-state index contributed by atoms with van der Waals surface area (Å²) in [6.45, 7) is 12.6. The number of carbonyl (C=O) groups is 4. The van der Waals surface area contributed by atoms with Crippen molar-refractivity contribution in [2.75, 3.05) is 20.2 Å². The van der Waals surface area contributed by atoms with Crippen molar-refractivity contribution in [3.05, 3.63) is 52.0 Å². The molecule has 4 N–H and O–H groups in total. The van der Waals surface area contributed by atoms with Crippen LogP contribution in [0.5, 0.6) is 0 Å². The monoisotopic (exact) mass is 699 g/mol. The third-order valence-electron chi connectivity index (χ3n) is 9.51. The van der Waals surface area contributed by atoms with Crippen LogP contribution in [0.15, 0.2) is 35.7 Å². The molecule has 1 aromatic carbocycles. The molecule has 11 nitrogen and oxygen atoms in total. The molecule has 0 aliphatic carbocycles. The zero-order valence-corrected chi connectivity index (χ0v) is 31.1. The van der Waals surface area contributed by atoms with Crippen molar-refractivity contribution in [3.8, 4) is 0 Å². The van der Waals surface area contributed by atoms with Crippen molar-refractivity contribution in [3.63, 3.8) is 0 Å². The zero-order chi connectivity index (χ0) is 36.1. The van der Waals surface area contributed by atoms with Gasteiger partial charge in [-0.1, -0.05) is 77.8 Å². The molecule has 1 saturated heterocycles. The van der Waals surface area contributed by atoms with Gasteiger partial charge in [0, 0.05) is 30.9 Å². The van der Waals surface area contributed by atoms with Crippen LogP contribution in [0.2, 0.25) is 0 Å². The zero-order valence-electron chi connectivity index (χ0n) is 30.2. The number of hydrogen-bond donors (Lipinski definition) is 4. The summed E-state index contributed by atoms with van der Waals surface area (Å²) in [6, 6.07) is 8.07. The number of aromatic nitrogens is 1. The first-order valence-electron chi connectivity index (χ1n) is 17.8. The number of piperidine rings is 1. The van der Waals surface area contributed by atoms with Gasteiger partial charge in [0.15, 0.2) is 0 Å². The van der Waals surface area contributed by atoms with E-state index in [9.17, 15) is 24.3 Å². The molecule has 1 aromatic heterocycles. The van der Waals surface area contributed by atoms with Crippen molar-refractivity contribution >= 4 is 35.0 Å². The Morgan fingerprint density at radius 1 is 1.06 bits per heavy atom. The molecule has 7 atom stereocenters. The van der Waals surface area contributed by atoms with Crippen molar-refractivity contribution in [1.82, 2.24) is 25.8 Å². The quantitative estimate of drug-likeness (QED) is 0.164. The summed E-state index contributed by atoms with van der Waals surface area (Å²) in [5.74, 6) is -1.53. The van der Waals surface area contributed by atoms with Crippen LogP contribution in [0.25, 0.3) is 0 Å². The maximum atomic E-state index is 13.9. The van der Waals surface area contributed by atoms with E-state index in [2.05, 4.69) is 20.9 Å². The van der Waals surface area contributed by atoms with Gasteiger partial charge >= 0.3 is 5.97 Å². The summed E-state index contributed by atoms with van der Waals surface area (Å²) in [7, 11) is 1.73. The Kier molecular flexibility index (Phi) is 16.1. The van der Waals surface area contributed by atoms with Crippen LogP contribution in [0.4, 0.5) is 0 Å². The Bertz CT molecular complexity index is 1350. The Morgan fingerprint density at radius 2 is 1.78 bits per heavy atom. The number of rotatable bonds is 18. The molecular formula is C37H57N5O6S. The number of nitrogens with one attached hydrogen (secondary N) is 3. The van der Waals surface area contributed by atoms with Gasteiger partial charge in [-0.25, -0.2) is 4.98 Å². The highest BCUT2D eigenvalue weighted by Gasteiger charge is 2.35. The SMILES string of the molecule is CCOC(=O)[C@@H](C)C[C@H](Cc1ccccc1)NC(=O)c1csc([C@H](O)C[C@H](C(C)C)N(C)C(=O)[C@@H](NC(=O)[C@H]2CCCCN2)[C@@H](C)CC)n1. The molecule has 2 aromatic rings. The summed E-state index contributed by atoms with van der Waals surface area (Å²) in [6.07, 6.45) is 3.60. The van der Waals surface area contributed by atoms with Crippen LogP contribution in [0.1, 0.15) is 107 Å². The fraction of sp³-hybridized carbons (Fsp3) is 0.649. The maximum absolute atomic E-state index is 13.9. The number of thiazole rings is 1. The van der Waals surface area contributed by atoms with Crippen LogP contribution in [0.3, 0.4) is 0 Å².